The van der Waals surface area contributed by atoms with Crippen molar-refractivity contribution in [2.24, 2.45) is 0 Å². The molecule has 1 aromatic heterocycles. The van der Waals surface area contributed by atoms with E-state index in [-0.39, 0.29) is 17.4 Å². The molecule has 0 aliphatic carbocycles. The second-order valence-corrected chi connectivity index (χ2v) is 6.37. The Bertz CT molecular complexity index is 570. The number of amides is 2. The molecule has 2 amide bonds. The van der Waals surface area contributed by atoms with E-state index in [2.05, 4.69) is 10.3 Å². The highest BCUT2D eigenvalue weighted by molar-refractivity contribution is 5.94. The minimum absolute atomic E-state index is 0.0523. The third kappa shape index (κ3) is 2.98. The molecule has 1 aromatic rings. The molecule has 2 aliphatic rings. The Morgan fingerprint density at radius 2 is 2.18 bits per heavy atom. The smallest absolute Gasteiger partial charge is 0.255 e. The lowest BCUT2D eigenvalue weighted by atomic mass is 9.89. The van der Waals surface area contributed by atoms with Gasteiger partial charge in [0.1, 0.15) is 0 Å². The molecule has 0 saturated carbocycles. The number of rotatable bonds is 2. The van der Waals surface area contributed by atoms with E-state index in [1.807, 2.05) is 24.0 Å². The lowest BCUT2D eigenvalue weighted by Crippen LogP contribution is -2.42. The zero-order valence-corrected chi connectivity index (χ0v) is 13.1. The van der Waals surface area contributed by atoms with Crippen LogP contribution in [0, 0.1) is 0 Å². The SMILES string of the molecule is CCc1ccc(C(=O)N2CCCC3(CCC(=O)N3)CC2)cn1. The predicted octanol–water partition coefficient (Wildman–Crippen LogP) is 1.92. The molecular weight excluding hydrogens is 278 g/mol. The van der Waals surface area contributed by atoms with E-state index in [0.29, 0.717) is 18.5 Å². The van der Waals surface area contributed by atoms with Crippen LogP contribution in [-0.2, 0) is 11.2 Å². The summed E-state index contributed by atoms with van der Waals surface area (Å²) in [5.74, 6) is 0.204. The van der Waals surface area contributed by atoms with Crippen LogP contribution in [0.15, 0.2) is 18.3 Å². The van der Waals surface area contributed by atoms with Gasteiger partial charge in [0, 0.05) is 36.9 Å². The predicted molar refractivity (Wildman–Crippen MR) is 83.5 cm³/mol. The largest absolute Gasteiger partial charge is 0.351 e. The van der Waals surface area contributed by atoms with E-state index in [0.717, 1.165) is 44.3 Å². The first-order valence-electron chi connectivity index (χ1n) is 8.17. The fourth-order valence-corrected chi connectivity index (χ4v) is 3.49. The maximum atomic E-state index is 12.6. The molecule has 3 rings (SSSR count). The van der Waals surface area contributed by atoms with E-state index in [9.17, 15) is 9.59 Å². The monoisotopic (exact) mass is 301 g/mol. The topological polar surface area (TPSA) is 62.3 Å². The van der Waals surface area contributed by atoms with E-state index in [1.54, 1.807) is 6.20 Å². The van der Waals surface area contributed by atoms with Gasteiger partial charge in [0.2, 0.25) is 5.91 Å². The van der Waals surface area contributed by atoms with Crippen LogP contribution in [-0.4, -0.2) is 40.3 Å². The van der Waals surface area contributed by atoms with Gasteiger partial charge in [0.15, 0.2) is 0 Å². The van der Waals surface area contributed by atoms with Crippen LogP contribution in [0.1, 0.15) is 55.1 Å². The summed E-state index contributed by atoms with van der Waals surface area (Å²) in [4.78, 5) is 30.4. The number of hydrogen-bond donors (Lipinski definition) is 1. The molecule has 0 radical (unpaired) electrons. The number of pyridine rings is 1. The molecule has 5 heteroatoms. The Morgan fingerprint density at radius 3 is 2.82 bits per heavy atom. The third-order valence-corrected chi connectivity index (χ3v) is 4.90. The normalized spacial score (nSPS) is 25.1. The fraction of sp³-hybridized carbons (Fsp3) is 0.588. The minimum Gasteiger partial charge on any atom is -0.351 e. The first-order chi connectivity index (χ1) is 10.6. The van der Waals surface area contributed by atoms with Crippen molar-refractivity contribution in [2.45, 2.75) is 51.0 Å². The molecule has 2 saturated heterocycles. The van der Waals surface area contributed by atoms with Crippen LogP contribution >= 0.6 is 0 Å². The minimum atomic E-state index is -0.0730. The molecule has 2 fully saturated rings. The molecular formula is C17H23N3O2. The zero-order valence-electron chi connectivity index (χ0n) is 13.1. The summed E-state index contributed by atoms with van der Waals surface area (Å²) in [5, 5.41) is 3.13. The van der Waals surface area contributed by atoms with Gasteiger partial charge in [-0.1, -0.05) is 6.92 Å². The second-order valence-electron chi connectivity index (χ2n) is 6.37. The maximum Gasteiger partial charge on any atom is 0.255 e. The third-order valence-electron chi connectivity index (χ3n) is 4.90. The van der Waals surface area contributed by atoms with Gasteiger partial charge < -0.3 is 10.2 Å². The molecule has 22 heavy (non-hydrogen) atoms. The highest BCUT2D eigenvalue weighted by Crippen LogP contribution is 2.31. The van der Waals surface area contributed by atoms with Crippen LogP contribution in [0.4, 0.5) is 0 Å². The molecule has 1 unspecified atom stereocenters. The standard InChI is InChI=1S/C17H23N3O2/c1-2-14-5-4-13(12-18-14)16(22)20-10-3-7-17(9-11-20)8-6-15(21)19-17/h4-5,12H,2-3,6-11H2,1H3,(H,19,21). The average Bonchev–Trinajstić information content (AvgIpc) is 2.78. The molecule has 2 aliphatic heterocycles. The van der Waals surface area contributed by atoms with Gasteiger partial charge >= 0.3 is 0 Å². The lowest BCUT2D eigenvalue weighted by molar-refractivity contribution is -0.119. The summed E-state index contributed by atoms with van der Waals surface area (Å²) in [6, 6.07) is 3.79. The number of likely N-dealkylation sites (tertiary alicyclic amines) is 1. The first-order valence-corrected chi connectivity index (χ1v) is 8.17. The first kappa shape index (κ1) is 15.0. The van der Waals surface area contributed by atoms with Crippen LogP contribution in [0.25, 0.3) is 0 Å². The number of aryl methyl sites for hydroxylation is 1. The van der Waals surface area contributed by atoms with Crippen LogP contribution in [0.3, 0.4) is 0 Å². The Balaban J connectivity index is 1.67. The highest BCUT2D eigenvalue weighted by Gasteiger charge is 2.39. The molecule has 5 nitrogen and oxygen atoms in total. The number of hydrogen-bond acceptors (Lipinski definition) is 3. The zero-order chi connectivity index (χ0) is 15.6. The number of nitrogens with zero attached hydrogens (tertiary/aromatic N) is 2. The van der Waals surface area contributed by atoms with Crippen molar-refractivity contribution in [3.8, 4) is 0 Å². The molecule has 0 bridgehead atoms. The van der Waals surface area contributed by atoms with Crippen LogP contribution in [0.2, 0.25) is 0 Å². The van der Waals surface area contributed by atoms with Gasteiger partial charge in [-0.3, -0.25) is 14.6 Å². The van der Waals surface area contributed by atoms with Crippen molar-refractivity contribution in [3.63, 3.8) is 0 Å². The Morgan fingerprint density at radius 1 is 1.32 bits per heavy atom. The Hall–Kier alpha value is -1.91. The van der Waals surface area contributed by atoms with Gasteiger partial charge in [-0.25, -0.2) is 0 Å². The highest BCUT2D eigenvalue weighted by atomic mass is 16.2. The summed E-state index contributed by atoms with van der Waals surface area (Å²) in [7, 11) is 0. The average molecular weight is 301 g/mol. The van der Waals surface area contributed by atoms with Crippen molar-refractivity contribution in [1.82, 2.24) is 15.2 Å². The quantitative estimate of drug-likeness (QED) is 0.908. The summed E-state index contributed by atoms with van der Waals surface area (Å²) in [5.41, 5.74) is 1.58. The number of nitrogens with one attached hydrogen (secondary N) is 1. The lowest BCUT2D eigenvalue weighted by Gasteiger charge is -2.27. The Kier molecular flexibility index (Phi) is 4.14. The number of carbonyl (C=O) groups is 2. The summed E-state index contributed by atoms with van der Waals surface area (Å²) in [6.45, 7) is 3.51. The van der Waals surface area contributed by atoms with Gasteiger partial charge in [0.25, 0.3) is 5.91 Å². The maximum absolute atomic E-state index is 12.6. The molecule has 1 N–H and O–H groups in total. The summed E-state index contributed by atoms with van der Waals surface area (Å²) < 4.78 is 0. The van der Waals surface area contributed by atoms with Crippen molar-refractivity contribution in [2.75, 3.05) is 13.1 Å². The van der Waals surface area contributed by atoms with Crippen molar-refractivity contribution in [3.05, 3.63) is 29.6 Å². The van der Waals surface area contributed by atoms with Gasteiger partial charge in [-0.05, 0) is 44.2 Å². The van der Waals surface area contributed by atoms with E-state index in [4.69, 9.17) is 0 Å². The summed E-state index contributed by atoms with van der Waals surface area (Å²) >= 11 is 0. The van der Waals surface area contributed by atoms with Gasteiger partial charge in [0.05, 0.1) is 5.56 Å². The Labute approximate surface area is 131 Å². The second kappa shape index (κ2) is 6.07. The van der Waals surface area contributed by atoms with E-state index < -0.39 is 0 Å². The molecule has 3 heterocycles. The number of carbonyl (C=O) groups excluding carboxylic acids is 2. The summed E-state index contributed by atoms with van der Waals surface area (Å²) in [6.07, 6.45) is 6.84. The van der Waals surface area contributed by atoms with Gasteiger partial charge in [-0.15, -0.1) is 0 Å². The van der Waals surface area contributed by atoms with E-state index >= 15 is 0 Å². The van der Waals surface area contributed by atoms with E-state index in [1.165, 1.54) is 0 Å². The molecule has 1 atom stereocenters. The van der Waals surface area contributed by atoms with Crippen LogP contribution in [0.5, 0.6) is 0 Å². The fourth-order valence-electron chi connectivity index (χ4n) is 3.49. The van der Waals surface area contributed by atoms with Crippen molar-refractivity contribution in [1.29, 1.82) is 0 Å². The molecule has 1 spiro atoms. The van der Waals surface area contributed by atoms with Gasteiger partial charge in [-0.2, -0.15) is 0 Å². The van der Waals surface area contributed by atoms with Crippen molar-refractivity contribution >= 4 is 11.8 Å². The molecule has 118 valence electrons. The molecule has 0 aromatic carbocycles. The van der Waals surface area contributed by atoms with Crippen LogP contribution < -0.4 is 5.32 Å². The number of aromatic nitrogens is 1. The van der Waals surface area contributed by atoms with Crippen molar-refractivity contribution < 1.29 is 9.59 Å².